The molecule has 1 rings (SSSR count). The van der Waals surface area contributed by atoms with Crippen LogP contribution in [0, 0.1) is 11.8 Å². The first-order chi connectivity index (χ1) is 8.56. The molecule has 0 bridgehead atoms. The number of ketones is 1. The quantitative estimate of drug-likeness (QED) is 0.461. The van der Waals surface area contributed by atoms with Gasteiger partial charge in [0.25, 0.3) is 0 Å². The zero-order chi connectivity index (χ0) is 13.5. The number of Topliss-reactive ketones (excluding diaryl/α,β-unsaturated/α-hetero) is 1. The van der Waals surface area contributed by atoms with Gasteiger partial charge in [0.05, 0.1) is 6.10 Å². The standard InChI is InChI=1S/C13H20O5/c14-8-10-9(11(15)7-12(10)16)5-3-1-2-4-6-13(17)18/h1,3,9-10,12,14,16H,2,4-8H2,(H,17,18)/t9-,10-,12-/m1/s1. The van der Waals surface area contributed by atoms with Crippen LogP contribution in [0.5, 0.6) is 0 Å². The highest BCUT2D eigenvalue weighted by Gasteiger charge is 2.40. The molecule has 0 aromatic carbocycles. The van der Waals surface area contributed by atoms with Gasteiger partial charge in [-0.15, -0.1) is 0 Å². The van der Waals surface area contributed by atoms with Crippen LogP contribution in [0.4, 0.5) is 0 Å². The number of carboxylic acids is 1. The Morgan fingerprint density at radius 1 is 1.39 bits per heavy atom. The number of carbonyl (C=O) groups is 2. The van der Waals surface area contributed by atoms with E-state index >= 15 is 0 Å². The van der Waals surface area contributed by atoms with Crippen molar-refractivity contribution < 1.29 is 24.9 Å². The van der Waals surface area contributed by atoms with Crippen molar-refractivity contribution in [1.82, 2.24) is 0 Å². The molecule has 0 heterocycles. The van der Waals surface area contributed by atoms with Crippen LogP contribution < -0.4 is 0 Å². The number of unbranched alkanes of at least 4 members (excludes halogenated alkanes) is 1. The van der Waals surface area contributed by atoms with E-state index < -0.39 is 12.1 Å². The van der Waals surface area contributed by atoms with Gasteiger partial charge in [0.15, 0.2) is 0 Å². The van der Waals surface area contributed by atoms with Crippen molar-refractivity contribution in [3.8, 4) is 0 Å². The van der Waals surface area contributed by atoms with Gasteiger partial charge in [-0.3, -0.25) is 9.59 Å². The number of aliphatic carboxylic acids is 1. The van der Waals surface area contributed by atoms with Crippen molar-refractivity contribution in [2.75, 3.05) is 6.61 Å². The van der Waals surface area contributed by atoms with Crippen LogP contribution >= 0.6 is 0 Å². The Kier molecular flexibility index (Phi) is 6.01. The summed E-state index contributed by atoms with van der Waals surface area (Å²) in [6.45, 7) is -0.176. The van der Waals surface area contributed by atoms with Gasteiger partial charge in [-0.2, -0.15) is 0 Å². The van der Waals surface area contributed by atoms with E-state index in [1.165, 1.54) is 0 Å². The lowest BCUT2D eigenvalue weighted by atomic mass is 9.92. The molecule has 5 nitrogen and oxygen atoms in total. The number of hydrogen-bond acceptors (Lipinski definition) is 4. The van der Waals surface area contributed by atoms with Crippen LogP contribution in [-0.2, 0) is 9.59 Å². The minimum atomic E-state index is -0.808. The normalized spacial score (nSPS) is 28.1. The molecule has 0 spiro atoms. The van der Waals surface area contributed by atoms with Crippen LogP contribution in [0.25, 0.3) is 0 Å². The number of hydrogen-bond donors (Lipinski definition) is 3. The van der Waals surface area contributed by atoms with E-state index in [1.807, 2.05) is 12.2 Å². The van der Waals surface area contributed by atoms with Crippen LogP contribution in [0.2, 0.25) is 0 Å². The minimum Gasteiger partial charge on any atom is -0.481 e. The lowest BCUT2D eigenvalue weighted by Crippen LogP contribution is -2.23. The summed E-state index contributed by atoms with van der Waals surface area (Å²) in [5, 5.41) is 27.1. The highest BCUT2D eigenvalue weighted by atomic mass is 16.4. The maximum atomic E-state index is 11.6. The molecule has 0 aromatic heterocycles. The minimum absolute atomic E-state index is 0.00302. The predicted molar refractivity (Wildman–Crippen MR) is 64.9 cm³/mol. The Labute approximate surface area is 106 Å². The molecule has 3 N–H and O–H groups in total. The summed E-state index contributed by atoms with van der Waals surface area (Å²) in [6.07, 6.45) is 4.99. The molecule has 0 unspecified atom stereocenters. The Balaban J connectivity index is 2.31. The van der Waals surface area contributed by atoms with E-state index in [1.54, 1.807) is 0 Å². The number of aliphatic hydroxyl groups excluding tert-OH is 2. The molecular formula is C13H20O5. The second kappa shape index (κ2) is 7.28. The summed E-state index contributed by atoms with van der Waals surface area (Å²) < 4.78 is 0. The van der Waals surface area contributed by atoms with E-state index in [0.717, 1.165) is 0 Å². The van der Waals surface area contributed by atoms with Gasteiger partial charge >= 0.3 is 5.97 Å². The van der Waals surface area contributed by atoms with Gasteiger partial charge in [0.2, 0.25) is 0 Å². The molecule has 5 heteroatoms. The highest BCUT2D eigenvalue weighted by molar-refractivity contribution is 5.84. The second-order valence-corrected chi connectivity index (χ2v) is 4.68. The summed E-state index contributed by atoms with van der Waals surface area (Å²) in [5.41, 5.74) is 0. The van der Waals surface area contributed by atoms with Crippen molar-refractivity contribution in [1.29, 1.82) is 0 Å². The van der Waals surface area contributed by atoms with Crippen molar-refractivity contribution in [2.24, 2.45) is 11.8 Å². The number of allylic oxidation sites excluding steroid dienone is 2. The van der Waals surface area contributed by atoms with Gasteiger partial charge in [-0.1, -0.05) is 12.2 Å². The Morgan fingerprint density at radius 2 is 2.11 bits per heavy atom. The maximum Gasteiger partial charge on any atom is 0.303 e. The molecule has 1 aliphatic rings. The van der Waals surface area contributed by atoms with Gasteiger partial charge in [-0.05, 0) is 19.3 Å². The average Bonchev–Trinajstić information content (AvgIpc) is 2.57. The first-order valence-electron chi connectivity index (χ1n) is 6.24. The lowest BCUT2D eigenvalue weighted by Gasteiger charge is -2.16. The van der Waals surface area contributed by atoms with E-state index in [4.69, 9.17) is 10.2 Å². The smallest absolute Gasteiger partial charge is 0.303 e. The van der Waals surface area contributed by atoms with Crippen molar-refractivity contribution >= 4 is 11.8 Å². The van der Waals surface area contributed by atoms with E-state index in [9.17, 15) is 14.7 Å². The molecule has 0 aromatic rings. The van der Waals surface area contributed by atoms with Crippen LogP contribution in [0.15, 0.2) is 12.2 Å². The number of carboxylic acid groups (broad SMARTS) is 1. The molecule has 0 aliphatic heterocycles. The molecule has 0 radical (unpaired) electrons. The monoisotopic (exact) mass is 256 g/mol. The lowest BCUT2D eigenvalue weighted by molar-refractivity contribution is -0.137. The summed E-state index contributed by atoms with van der Waals surface area (Å²) in [4.78, 5) is 21.9. The molecule has 0 saturated heterocycles. The molecule has 1 fully saturated rings. The third-order valence-corrected chi connectivity index (χ3v) is 3.36. The summed E-state index contributed by atoms with van der Waals surface area (Å²) >= 11 is 0. The fourth-order valence-corrected chi connectivity index (χ4v) is 2.30. The third-order valence-electron chi connectivity index (χ3n) is 3.36. The topological polar surface area (TPSA) is 94.8 Å². The molecule has 1 saturated carbocycles. The average molecular weight is 256 g/mol. The molecule has 1 aliphatic carbocycles. The molecular weight excluding hydrogens is 236 g/mol. The van der Waals surface area contributed by atoms with Gasteiger partial charge in [-0.25, -0.2) is 0 Å². The molecule has 0 amide bonds. The van der Waals surface area contributed by atoms with Gasteiger partial charge < -0.3 is 15.3 Å². The maximum absolute atomic E-state index is 11.6. The fraction of sp³-hybridized carbons (Fsp3) is 0.692. The number of carbonyl (C=O) groups excluding carboxylic acids is 1. The van der Waals surface area contributed by atoms with Crippen LogP contribution in [0.1, 0.15) is 32.1 Å². The van der Waals surface area contributed by atoms with Crippen molar-refractivity contribution in [3.63, 3.8) is 0 Å². The fourth-order valence-electron chi connectivity index (χ4n) is 2.30. The number of aliphatic hydroxyl groups is 2. The van der Waals surface area contributed by atoms with Crippen molar-refractivity contribution in [3.05, 3.63) is 12.2 Å². The molecule has 18 heavy (non-hydrogen) atoms. The highest BCUT2D eigenvalue weighted by Crippen LogP contribution is 2.31. The Hall–Kier alpha value is -1.20. The van der Waals surface area contributed by atoms with Crippen molar-refractivity contribution in [2.45, 2.75) is 38.2 Å². The largest absolute Gasteiger partial charge is 0.481 e. The SMILES string of the molecule is O=C(O)CCCC=CC[C@H]1C(=O)C[C@@H](O)[C@@H]1CO. The van der Waals surface area contributed by atoms with Crippen LogP contribution in [-0.4, -0.2) is 39.8 Å². The first kappa shape index (κ1) is 14.9. The third kappa shape index (κ3) is 4.23. The van der Waals surface area contributed by atoms with E-state index in [0.29, 0.717) is 19.3 Å². The zero-order valence-corrected chi connectivity index (χ0v) is 10.3. The summed E-state index contributed by atoms with van der Waals surface area (Å²) in [7, 11) is 0. The van der Waals surface area contributed by atoms with E-state index in [-0.39, 0.29) is 37.1 Å². The zero-order valence-electron chi connectivity index (χ0n) is 10.3. The van der Waals surface area contributed by atoms with Crippen LogP contribution in [0.3, 0.4) is 0 Å². The predicted octanol–water partition coefficient (Wildman–Crippen LogP) is 0.746. The summed E-state index contributed by atoms with van der Waals surface area (Å²) in [6, 6.07) is 0. The number of rotatable bonds is 7. The molecule has 102 valence electrons. The van der Waals surface area contributed by atoms with E-state index in [2.05, 4.69) is 0 Å². The second-order valence-electron chi connectivity index (χ2n) is 4.68. The Morgan fingerprint density at radius 3 is 2.72 bits per heavy atom. The van der Waals surface area contributed by atoms with Gasteiger partial charge in [0, 0.05) is 31.3 Å². The Bertz CT molecular complexity index is 323. The first-order valence-corrected chi connectivity index (χ1v) is 6.24. The molecule has 3 atom stereocenters. The van der Waals surface area contributed by atoms with Gasteiger partial charge in [0.1, 0.15) is 5.78 Å². The summed E-state index contributed by atoms with van der Waals surface area (Å²) in [5.74, 6) is -1.48.